The van der Waals surface area contributed by atoms with E-state index >= 15 is 0 Å². The van der Waals surface area contributed by atoms with E-state index in [9.17, 15) is 9.90 Å². The Morgan fingerprint density at radius 1 is 1.28 bits per heavy atom. The van der Waals surface area contributed by atoms with Crippen LogP contribution in [0.3, 0.4) is 0 Å². The van der Waals surface area contributed by atoms with Crippen LogP contribution in [-0.4, -0.2) is 40.7 Å². The maximum absolute atomic E-state index is 11.2. The molecule has 1 aromatic carbocycles. The second-order valence-electron chi connectivity index (χ2n) is 6.31. The van der Waals surface area contributed by atoms with Crippen LogP contribution in [0.15, 0.2) is 48.7 Å². The number of aromatic nitrogens is 1. The van der Waals surface area contributed by atoms with Gasteiger partial charge in [-0.2, -0.15) is 0 Å². The molecule has 5 nitrogen and oxygen atoms in total. The first-order valence-electron chi connectivity index (χ1n) is 8.79. The molecule has 1 aliphatic rings. The number of carboxylic acid groups (broad SMARTS) is 1. The van der Waals surface area contributed by atoms with E-state index in [0.29, 0.717) is 19.4 Å². The topological polar surface area (TPSA) is 62.7 Å². The predicted molar refractivity (Wildman–Crippen MR) is 95.6 cm³/mol. The number of pyridine rings is 1. The molecule has 1 atom stereocenters. The lowest BCUT2D eigenvalue weighted by molar-refractivity contribution is -0.143. The van der Waals surface area contributed by atoms with Gasteiger partial charge in [0.25, 0.3) is 0 Å². The van der Waals surface area contributed by atoms with Crippen LogP contribution in [0.4, 0.5) is 0 Å². The molecule has 1 aliphatic heterocycles. The second kappa shape index (κ2) is 8.12. The van der Waals surface area contributed by atoms with Gasteiger partial charge >= 0.3 is 5.97 Å². The highest BCUT2D eigenvalue weighted by molar-refractivity contribution is 5.70. The third-order valence-electron chi connectivity index (χ3n) is 4.70. The second-order valence-corrected chi connectivity index (χ2v) is 6.31. The molecule has 1 N–H and O–H groups in total. The van der Waals surface area contributed by atoms with E-state index in [0.717, 1.165) is 30.1 Å². The van der Waals surface area contributed by atoms with Gasteiger partial charge in [-0.25, -0.2) is 0 Å². The molecule has 0 bridgehead atoms. The van der Waals surface area contributed by atoms with E-state index in [2.05, 4.69) is 22.0 Å². The average molecular weight is 340 g/mol. The van der Waals surface area contributed by atoms with Gasteiger partial charge in [0.15, 0.2) is 0 Å². The van der Waals surface area contributed by atoms with Crippen LogP contribution in [0, 0.1) is 5.92 Å². The monoisotopic (exact) mass is 340 g/mol. The van der Waals surface area contributed by atoms with Gasteiger partial charge in [0, 0.05) is 6.20 Å². The molecule has 0 spiro atoms. The molecule has 1 fully saturated rings. The Bertz CT molecular complexity index is 697. The molecule has 132 valence electrons. The normalized spacial score (nSPS) is 17.2. The number of likely N-dealkylation sites (tertiary alicyclic amines) is 1. The molecule has 0 unspecified atom stereocenters. The number of hydrogen-bond acceptors (Lipinski definition) is 4. The van der Waals surface area contributed by atoms with Crippen LogP contribution in [0.5, 0.6) is 5.75 Å². The van der Waals surface area contributed by atoms with Crippen molar-refractivity contribution in [2.75, 3.05) is 19.7 Å². The van der Waals surface area contributed by atoms with Gasteiger partial charge in [0.05, 0.1) is 24.3 Å². The number of nitrogens with zero attached hydrogens (tertiary/aromatic N) is 2. The average Bonchev–Trinajstić information content (AvgIpc) is 2.64. The summed E-state index contributed by atoms with van der Waals surface area (Å²) < 4.78 is 5.65. The summed E-state index contributed by atoms with van der Waals surface area (Å²) in [7, 11) is 0. The molecule has 0 radical (unpaired) electrons. The Labute approximate surface area is 148 Å². The molecule has 2 heterocycles. The molecule has 0 amide bonds. The van der Waals surface area contributed by atoms with Crippen LogP contribution < -0.4 is 4.74 Å². The molecule has 0 aliphatic carbocycles. The number of aliphatic carboxylic acids is 1. The first-order valence-corrected chi connectivity index (χ1v) is 8.79. The Balaban J connectivity index is 1.89. The van der Waals surface area contributed by atoms with Gasteiger partial charge in [-0.15, -0.1) is 0 Å². The lowest BCUT2D eigenvalue weighted by atomic mass is 9.93. The zero-order chi connectivity index (χ0) is 17.6. The molecule has 2 aromatic rings. The third-order valence-corrected chi connectivity index (χ3v) is 4.70. The fourth-order valence-corrected chi connectivity index (χ4v) is 3.45. The molecule has 5 heteroatoms. The summed E-state index contributed by atoms with van der Waals surface area (Å²) in [4.78, 5) is 18.1. The fraction of sp³-hybridized carbons (Fsp3) is 0.400. The Kier molecular flexibility index (Phi) is 5.66. The van der Waals surface area contributed by atoms with Crippen molar-refractivity contribution in [2.45, 2.75) is 25.8 Å². The summed E-state index contributed by atoms with van der Waals surface area (Å²) in [5.41, 5.74) is 2.10. The van der Waals surface area contributed by atoms with E-state index in [4.69, 9.17) is 4.74 Å². The number of carboxylic acids is 1. The lowest BCUT2D eigenvalue weighted by Crippen LogP contribution is -2.39. The SMILES string of the molecule is CCOc1cccc([C@H](c2ccccn2)N2CCC(C(=O)O)CC2)c1. The first kappa shape index (κ1) is 17.4. The third kappa shape index (κ3) is 4.17. The quantitative estimate of drug-likeness (QED) is 0.873. The van der Waals surface area contributed by atoms with E-state index in [-0.39, 0.29) is 12.0 Å². The fourth-order valence-electron chi connectivity index (χ4n) is 3.45. The molecule has 3 rings (SSSR count). The molecular weight excluding hydrogens is 316 g/mol. The summed E-state index contributed by atoms with van der Waals surface area (Å²) in [6.07, 6.45) is 3.15. The van der Waals surface area contributed by atoms with Crippen molar-refractivity contribution in [2.24, 2.45) is 5.92 Å². The minimum atomic E-state index is -0.688. The van der Waals surface area contributed by atoms with Crippen LogP contribution in [0.25, 0.3) is 0 Å². The van der Waals surface area contributed by atoms with Gasteiger partial charge < -0.3 is 9.84 Å². The maximum atomic E-state index is 11.2. The number of benzene rings is 1. The Morgan fingerprint density at radius 3 is 2.72 bits per heavy atom. The molecule has 25 heavy (non-hydrogen) atoms. The molecule has 1 aromatic heterocycles. The van der Waals surface area contributed by atoms with E-state index < -0.39 is 5.97 Å². The molecule has 0 saturated carbocycles. The smallest absolute Gasteiger partial charge is 0.306 e. The van der Waals surface area contributed by atoms with Crippen molar-refractivity contribution in [1.82, 2.24) is 9.88 Å². The largest absolute Gasteiger partial charge is 0.494 e. The standard InChI is InChI=1S/C20H24N2O3/c1-2-25-17-7-5-6-16(14-17)19(18-8-3-4-11-21-18)22-12-9-15(10-13-22)20(23)24/h3-8,11,14-15,19H,2,9-10,12-13H2,1H3,(H,23,24)/t19-/m1/s1. The number of piperidine rings is 1. The van der Waals surface area contributed by atoms with Gasteiger partial charge in [0.2, 0.25) is 0 Å². The van der Waals surface area contributed by atoms with Crippen LogP contribution in [-0.2, 0) is 4.79 Å². The van der Waals surface area contributed by atoms with Gasteiger partial charge in [-0.3, -0.25) is 14.7 Å². The number of carbonyl (C=O) groups is 1. The van der Waals surface area contributed by atoms with Crippen molar-refractivity contribution in [3.05, 3.63) is 59.9 Å². The van der Waals surface area contributed by atoms with E-state index in [1.54, 1.807) is 6.20 Å². The van der Waals surface area contributed by atoms with Crippen molar-refractivity contribution >= 4 is 5.97 Å². The van der Waals surface area contributed by atoms with Crippen molar-refractivity contribution in [1.29, 1.82) is 0 Å². The van der Waals surface area contributed by atoms with Gasteiger partial charge in [0.1, 0.15) is 5.75 Å². The Morgan fingerprint density at radius 2 is 2.08 bits per heavy atom. The summed E-state index contributed by atoms with van der Waals surface area (Å²) >= 11 is 0. The number of ether oxygens (including phenoxy) is 1. The van der Waals surface area contributed by atoms with Crippen molar-refractivity contribution in [3.8, 4) is 5.75 Å². The van der Waals surface area contributed by atoms with Crippen LogP contribution in [0.2, 0.25) is 0 Å². The molecule has 1 saturated heterocycles. The first-order chi connectivity index (χ1) is 12.2. The number of rotatable bonds is 6. The van der Waals surface area contributed by atoms with Crippen molar-refractivity contribution in [3.63, 3.8) is 0 Å². The van der Waals surface area contributed by atoms with Crippen LogP contribution >= 0.6 is 0 Å². The minimum absolute atomic E-state index is 0.0105. The summed E-state index contributed by atoms with van der Waals surface area (Å²) in [6, 6.07) is 14.0. The van der Waals surface area contributed by atoms with Crippen molar-refractivity contribution < 1.29 is 14.6 Å². The zero-order valence-corrected chi connectivity index (χ0v) is 14.5. The van der Waals surface area contributed by atoms with Gasteiger partial charge in [-0.05, 0) is 62.7 Å². The van der Waals surface area contributed by atoms with Gasteiger partial charge in [-0.1, -0.05) is 18.2 Å². The van der Waals surface area contributed by atoms with Crippen LogP contribution in [0.1, 0.15) is 37.1 Å². The summed E-state index contributed by atoms with van der Waals surface area (Å²) in [5.74, 6) is -0.0795. The minimum Gasteiger partial charge on any atom is -0.494 e. The van der Waals surface area contributed by atoms with E-state index in [1.165, 1.54) is 0 Å². The number of hydrogen-bond donors (Lipinski definition) is 1. The maximum Gasteiger partial charge on any atom is 0.306 e. The highest BCUT2D eigenvalue weighted by Gasteiger charge is 2.30. The molecular formula is C20H24N2O3. The zero-order valence-electron chi connectivity index (χ0n) is 14.5. The highest BCUT2D eigenvalue weighted by atomic mass is 16.5. The summed E-state index contributed by atoms with van der Waals surface area (Å²) in [6.45, 7) is 4.09. The Hall–Kier alpha value is -2.40. The lowest BCUT2D eigenvalue weighted by Gasteiger charge is -2.36. The highest BCUT2D eigenvalue weighted by Crippen LogP contribution is 2.33. The summed E-state index contributed by atoms with van der Waals surface area (Å²) in [5, 5.41) is 9.25. The van der Waals surface area contributed by atoms with E-state index in [1.807, 2.05) is 37.3 Å². The predicted octanol–water partition coefficient (Wildman–Crippen LogP) is 3.37.